The third kappa shape index (κ3) is 2.13. The molecular weight excluding hydrogens is 300 g/mol. The fourth-order valence-electron chi connectivity index (χ4n) is 7.42. The van der Waals surface area contributed by atoms with Gasteiger partial charge in [-0.3, -0.25) is 4.79 Å². The topological polar surface area (TPSA) is 35.5 Å². The first-order chi connectivity index (χ1) is 11.4. The van der Waals surface area contributed by atoms with Crippen molar-refractivity contribution in [1.82, 2.24) is 0 Å². The molecule has 0 radical (unpaired) electrons. The standard InChI is InChI=1S/C21H34O3/c1-19-11-12-21(23-3,24-4)13-14(19)5-6-15-16-7-8-18(22)20(16,2)10-9-17(15)19/h14-17H,5-13H2,1-4H3. The Morgan fingerprint density at radius 1 is 0.917 bits per heavy atom. The van der Waals surface area contributed by atoms with Crippen molar-refractivity contribution in [3.8, 4) is 0 Å². The van der Waals surface area contributed by atoms with Crippen molar-refractivity contribution < 1.29 is 14.3 Å². The summed E-state index contributed by atoms with van der Waals surface area (Å²) in [6, 6.07) is 0. The van der Waals surface area contributed by atoms with Gasteiger partial charge < -0.3 is 9.47 Å². The zero-order valence-corrected chi connectivity index (χ0v) is 15.9. The molecule has 136 valence electrons. The molecule has 0 aliphatic heterocycles. The molecule has 4 fully saturated rings. The van der Waals surface area contributed by atoms with E-state index in [0.29, 0.717) is 23.0 Å². The van der Waals surface area contributed by atoms with E-state index in [2.05, 4.69) is 13.8 Å². The second-order valence-electron chi connectivity index (χ2n) is 9.60. The number of rotatable bonds is 2. The molecule has 0 aromatic carbocycles. The molecule has 6 atom stereocenters. The van der Waals surface area contributed by atoms with Gasteiger partial charge in [-0.15, -0.1) is 0 Å². The minimum absolute atomic E-state index is 0.00183. The van der Waals surface area contributed by atoms with Gasteiger partial charge in [-0.1, -0.05) is 13.8 Å². The highest BCUT2D eigenvalue weighted by Crippen LogP contribution is 2.66. The summed E-state index contributed by atoms with van der Waals surface area (Å²) in [4.78, 5) is 12.5. The molecule has 4 aliphatic rings. The molecule has 3 heteroatoms. The first-order valence-electron chi connectivity index (χ1n) is 10.0. The van der Waals surface area contributed by atoms with Crippen LogP contribution in [0.5, 0.6) is 0 Å². The Balaban J connectivity index is 1.60. The Bertz CT molecular complexity index is 525. The normalized spacial score (nSPS) is 50.1. The second kappa shape index (κ2) is 5.54. The molecule has 24 heavy (non-hydrogen) atoms. The predicted molar refractivity (Wildman–Crippen MR) is 93.5 cm³/mol. The van der Waals surface area contributed by atoms with Gasteiger partial charge in [0.1, 0.15) is 5.78 Å². The van der Waals surface area contributed by atoms with E-state index in [9.17, 15) is 4.79 Å². The van der Waals surface area contributed by atoms with Gasteiger partial charge in [-0.25, -0.2) is 0 Å². The van der Waals surface area contributed by atoms with Crippen molar-refractivity contribution in [1.29, 1.82) is 0 Å². The van der Waals surface area contributed by atoms with Crippen LogP contribution in [0.4, 0.5) is 0 Å². The first kappa shape index (κ1) is 17.0. The second-order valence-corrected chi connectivity index (χ2v) is 9.60. The van der Waals surface area contributed by atoms with Gasteiger partial charge in [-0.05, 0) is 67.6 Å². The smallest absolute Gasteiger partial charge is 0.167 e. The lowest BCUT2D eigenvalue weighted by atomic mass is 9.45. The van der Waals surface area contributed by atoms with Crippen LogP contribution in [-0.2, 0) is 14.3 Å². The van der Waals surface area contributed by atoms with Crippen LogP contribution in [0.1, 0.15) is 71.6 Å². The summed E-state index contributed by atoms with van der Waals surface area (Å²) in [6.45, 7) is 4.82. The Hall–Kier alpha value is -0.410. The number of fused-ring (bicyclic) bond motifs is 5. The van der Waals surface area contributed by atoms with Gasteiger partial charge in [-0.2, -0.15) is 0 Å². The van der Waals surface area contributed by atoms with Gasteiger partial charge in [0.2, 0.25) is 0 Å². The highest BCUT2D eigenvalue weighted by atomic mass is 16.7. The molecule has 0 aromatic rings. The van der Waals surface area contributed by atoms with E-state index in [4.69, 9.17) is 9.47 Å². The number of hydrogen-bond acceptors (Lipinski definition) is 3. The van der Waals surface area contributed by atoms with Crippen molar-refractivity contribution >= 4 is 5.78 Å². The van der Waals surface area contributed by atoms with Gasteiger partial charge in [0.25, 0.3) is 0 Å². The van der Waals surface area contributed by atoms with Gasteiger partial charge >= 0.3 is 0 Å². The van der Waals surface area contributed by atoms with Crippen LogP contribution in [0.15, 0.2) is 0 Å². The fourth-order valence-corrected chi connectivity index (χ4v) is 7.42. The van der Waals surface area contributed by atoms with Crippen molar-refractivity contribution in [3.05, 3.63) is 0 Å². The molecule has 0 amide bonds. The van der Waals surface area contributed by atoms with Crippen LogP contribution in [0.25, 0.3) is 0 Å². The maximum atomic E-state index is 12.5. The molecule has 4 aliphatic carbocycles. The summed E-state index contributed by atoms with van der Waals surface area (Å²) in [5.74, 6) is 3.12. The highest BCUT2D eigenvalue weighted by molar-refractivity contribution is 5.87. The van der Waals surface area contributed by atoms with Gasteiger partial charge in [0.15, 0.2) is 5.79 Å². The lowest BCUT2D eigenvalue weighted by molar-refractivity contribution is -0.261. The molecular formula is C21H34O3. The Labute approximate surface area is 146 Å². The predicted octanol–water partition coefficient (Wildman–Crippen LogP) is 4.59. The molecule has 0 bridgehead atoms. The number of carbonyl (C=O) groups excluding carboxylic acids is 1. The minimum atomic E-state index is -0.358. The summed E-state index contributed by atoms with van der Waals surface area (Å²) < 4.78 is 11.6. The van der Waals surface area contributed by atoms with Crippen molar-refractivity contribution in [3.63, 3.8) is 0 Å². The zero-order chi connectivity index (χ0) is 17.2. The summed E-state index contributed by atoms with van der Waals surface area (Å²) in [5, 5.41) is 0. The molecule has 0 N–H and O–H groups in total. The Morgan fingerprint density at radius 3 is 2.38 bits per heavy atom. The lowest BCUT2D eigenvalue weighted by Gasteiger charge is -2.61. The third-order valence-electron chi connectivity index (χ3n) is 9.12. The minimum Gasteiger partial charge on any atom is -0.353 e. The van der Waals surface area contributed by atoms with E-state index in [0.717, 1.165) is 43.9 Å². The molecule has 0 spiro atoms. The molecule has 4 saturated carbocycles. The number of ether oxygens (including phenoxy) is 2. The zero-order valence-electron chi connectivity index (χ0n) is 15.9. The van der Waals surface area contributed by atoms with Crippen LogP contribution < -0.4 is 0 Å². The maximum Gasteiger partial charge on any atom is 0.167 e. The largest absolute Gasteiger partial charge is 0.353 e. The van der Waals surface area contributed by atoms with Crippen LogP contribution in [0.3, 0.4) is 0 Å². The van der Waals surface area contributed by atoms with Crippen molar-refractivity contribution in [2.24, 2.45) is 34.5 Å². The van der Waals surface area contributed by atoms with Crippen molar-refractivity contribution in [2.45, 2.75) is 77.4 Å². The van der Waals surface area contributed by atoms with Gasteiger partial charge in [0.05, 0.1) is 0 Å². The molecule has 0 heterocycles. The summed E-state index contributed by atoms with van der Waals surface area (Å²) >= 11 is 0. The third-order valence-corrected chi connectivity index (χ3v) is 9.12. The number of methoxy groups -OCH3 is 2. The van der Waals surface area contributed by atoms with Crippen LogP contribution in [0.2, 0.25) is 0 Å². The first-order valence-corrected chi connectivity index (χ1v) is 10.0. The number of hydrogen-bond donors (Lipinski definition) is 0. The van der Waals surface area contributed by atoms with E-state index >= 15 is 0 Å². The number of carbonyl (C=O) groups is 1. The van der Waals surface area contributed by atoms with E-state index in [-0.39, 0.29) is 11.2 Å². The summed E-state index contributed by atoms with van der Waals surface area (Å²) in [7, 11) is 3.60. The van der Waals surface area contributed by atoms with Crippen LogP contribution in [-0.4, -0.2) is 25.8 Å². The van der Waals surface area contributed by atoms with Crippen LogP contribution >= 0.6 is 0 Å². The van der Waals surface area contributed by atoms with E-state index < -0.39 is 0 Å². The Kier molecular flexibility index (Phi) is 3.93. The quantitative estimate of drug-likeness (QED) is 0.693. The number of ketones is 1. The van der Waals surface area contributed by atoms with Crippen LogP contribution in [0, 0.1) is 34.5 Å². The molecule has 0 saturated heterocycles. The molecule has 0 aromatic heterocycles. The Morgan fingerprint density at radius 2 is 1.67 bits per heavy atom. The molecule has 3 nitrogen and oxygen atoms in total. The summed E-state index contributed by atoms with van der Waals surface area (Å²) in [5.41, 5.74) is 0.415. The van der Waals surface area contributed by atoms with Crippen molar-refractivity contribution in [2.75, 3.05) is 14.2 Å². The average molecular weight is 335 g/mol. The van der Waals surface area contributed by atoms with Gasteiger partial charge in [0, 0.05) is 38.9 Å². The number of Topliss-reactive ketones (excluding diaryl/α,β-unsaturated/α-hetero) is 1. The molecule has 6 unspecified atom stereocenters. The SMILES string of the molecule is COC1(OC)CCC2(C)C(CCC3C4CCC(=O)C4(C)CCC32)C1. The average Bonchev–Trinajstić information content (AvgIpc) is 2.90. The fraction of sp³-hybridized carbons (Fsp3) is 0.952. The van der Waals surface area contributed by atoms with E-state index in [1.165, 1.54) is 25.7 Å². The van der Waals surface area contributed by atoms with E-state index in [1.807, 2.05) is 0 Å². The molecule has 4 rings (SSSR count). The maximum absolute atomic E-state index is 12.5. The van der Waals surface area contributed by atoms with E-state index in [1.54, 1.807) is 14.2 Å². The summed E-state index contributed by atoms with van der Waals surface area (Å²) in [6.07, 6.45) is 10.2. The lowest BCUT2D eigenvalue weighted by Crippen LogP contribution is -2.56. The monoisotopic (exact) mass is 334 g/mol. The highest BCUT2D eigenvalue weighted by Gasteiger charge is 2.61.